The number of likely N-dealkylation sites (tertiary alicyclic amines) is 1. The smallest absolute Gasteiger partial charge is 0.435 e. The van der Waals surface area contributed by atoms with Crippen LogP contribution in [0.3, 0.4) is 0 Å². The van der Waals surface area contributed by atoms with E-state index in [0.717, 1.165) is 44.5 Å². The van der Waals surface area contributed by atoms with Crippen LogP contribution in [0.5, 0.6) is 0 Å². The minimum atomic E-state index is -4.60. The number of carbonyl (C=O) groups is 2. The minimum absolute atomic E-state index is 0.0151. The number of amides is 1. The lowest BCUT2D eigenvalue weighted by Gasteiger charge is -2.25. The summed E-state index contributed by atoms with van der Waals surface area (Å²) in [6, 6.07) is 5.39. The Balaban J connectivity index is 0.00000139. The number of nitrogens with one attached hydrogen (secondary N) is 2. The number of anilines is 2. The summed E-state index contributed by atoms with van der Waals surface area (Å²) in [5.41, 5.74) is 1.82. The molecule has 0 atom stereocenters. The van der Waals surface area contributed by atoms with Crippen LogP contribution in [-0.2, 0) is 22.1 Å². The SMILES string of the molecule is CCc1cc(Nc2nccn3c(-c4cn(C5CCC5)nc4C(F)(F)F)cnc23)ccc1C(=O)NCCOCCN1CCCC1.O=CO. The molecule has 3 aromatic heterocycles. The van der Waals surface area contributed by atoms with Crippen molar-refractivity contribution in [3.05, 3.63) is 59.8 Å². The maximum atomic E-state index is 14.0. The van der Waals surface area contributed by atoms with E-state index in [0.29, 0.717) is 48.9 Å². The van der Waals surface area contributed by atoms with E-state index >= 15 is 0 Å². The molecule has 1 saturated carbocycles. The maximum absolute atomic E-state index is 14.0. The van der Waals surface area contributed by atoms with E-state index in [4.69, 9.17) is 14.6 Å². The molecule has 1 aliphatic heterocycles. The highest BCUT2D eigenvalue weighted by Gasteiger charge is 2.39. The van der Waals surface area contributed by atoms with Crippen molar-refractivity contribution >= 4 is 29.5 Å². The van der Waals surface area contributed by atoms with Crippen molar-refractivity contribution in [2.24, 2.45) is 0 Å². The maximum Gasteiger partial charge on any atom is 0.435 e. The quantitative estimate of drug-likeness (QED) is 0.139. The number of imidazole rings is 1. The van der Waals surface area contributed by atoms with E-state index in [-0.39, 0.29) is 29.7 Å². The van der Waals surface area contributed by atoms with Crippen LogP contribution in [0.25, 0.3) is 16.9 Å². The normalized spacial score (nSPS) is 15.2. The van der Waals surface area contributed by atoms with Gasteiger partial charge in [-0.1, -0.05) is 6.92 Å². The number of aryl methyl sites for hydroxylation is 1. The van der Waals surface area contributed by atoms with Gasteiger partial charge in [0.05, 0.1) is 36.7 Å². The van der Waals surface area contributed by atoms with Gasteiger partial charge in [0.15, 0.2) is 17.2 Å². The number of carbonyl (C=O) groups excluding carboxylic acids is 1. The molecular weight excluding hydrogens is 617 g/mol. The largest absolute Gasteiger partial charge is 0.483 e. The molecule has 2 fully saturated rings. The van der Waals surface area contributed by atoms with Crippen molar-refractivity contribution < 1.29 is 32.6 Å². The first-order valence-corrected chi connectivity index (χ1v) is 15.8. The first-order chi connectivity index (χ1) is 22.7. The summed E-state index contributed by atoms with van der Waals surface area (Å²) in [6.07, 6.45) is 7.13. The second-order valence-electron chi connectivity index (χ2n) is 11.4. The molecule has 1 aromatic carbocycles. The van der Waals surface area contributed by atoms with E-state index in [2.05, 4.69) is 30.6 Å². The molecular formula is C32H39F3N8O4. The standard InChI is InChI=1S/C31H37F3N8O2.CH2O2/c1-2-21-18-22(8-9-24(21)30(43)36-11-16-44-17-15-40-12-3-4-13-40)38-28-29-37-19-26(41(29)14-10-35-28)25-20-42(23-6-5-7-23)39-27(25)31(32,33)34;2-1-3/h8-10,14,18-20,23H,2-7,11-13,15-17H2,1H3,(H,35,38)(H,36,43);1H,(H,2,3). The zero-order chi connectivity index (χ0) is 33.4. The molecule has 2 aliphatic rings. The Bertz CT molecular complexity index is 1660. The summed E-state index contributed by atoms with van der Waals surface area (Å²) in [5.74, 6) is 0.210. The van der Waals surface area contributed by atoms with E-state index < -0.39 is 11.9 Å². The Morgan fingerprint density at radius 3 is 2.60 bits per heavy atom. The van der Waals surface area contributed by atoms with Crippen LogP contribution in [0.1, 0.15) is 66.7 Å². The minimum Gasteiger partial charge on any atom is -0.483 e. The highest BCUT2D eigenvalue weighted by Crippen LogP contribution is 2.40. The predicted octanol–water partition coefficient (Wildman–Crippen LogP) is 5.19. The van der Waals surface area contributed by atoms with Gasteiger partial charge < -0.3 is 25.4 Å². The lowest BCUT2D eigenvalue weighted by Crippen LogP contribution is -2.29. The fraction of sp³-hybridized carbons (Fsp3) is 0.469. The predicted molar refractivity (Wildman–Crippen MR) is 169 cm³/mol. The molecule has 6 rings (SSSR count). The van der Waals surface area contributed by atoms with Crippen molar-refractivity contribution in [1.29, 1.82) is 0 Å². The molecule has 1 aliphatic carbocycles. The van der Waals surface area contributed by atoms with Gasteiger partial charge in [0.2, 0.25) is 0 Å². The molecule has 0 unspecified atom stereocenters. The summed E-state index contributed by atoms with van der Waals surface area (Å²) in [7, 11) is 0. The average molecular weight is 657 g/mol. The first kappa shape index (κ1) is 33.9. The number of halogens is 3. The van der Waals surface area contributed by atoms with Gasteiger partial charge in [-0.25, -0.2) is 9.97 Å². The van der Waals surface area contributed by atoms with E-state index in [1.54, 1.807) is 22.7 Å². The summed E-state index contributed by atoms with van der Waals surface area (Å²) in [5, 5.41) is 17.0. The molecule has 252 valence electrons. The van der Waals surface area contributed by atoms with Gasteiger partial charge in [0.25, 0.3) is 12.4 Å². The molecule has 47 heavy (non-hydrogen) atoms. The topological polar surface area (TPSA) is 139 Å². The van der Waals surface area contributed by atoms with Gasteiger partial charge in [0, 0.05) is 42.9 Å². The van der Waals surface area contributed by atoms with Crippen molar-refractivity contribution in [2.75, 3.05) is 44.7 Å². The molecule has 3 N–H and O–H groups in total. The number of carboxylic acid groups (broad SMARTS) is 1. The monoisotopic (exact) mass is 656 g/mol. The van der Waals surface area contributed by atoms with Crippen LogP contribution in [0.2, 0.25) is 0 Å². The highest BCUT2D eigenvalue weighted by molar-refractivity contribution is 5.96. The van der Waals surface area contributed by atoms with E-state index in [1.807, 2.05) is 13.0 Å². The Morgan fingerprint density at radius 1 is 1.15 bits per heavy atom. The molecule has 4 heterocycles. The second kappa shape index (κ2) is 15.4. The van der Waals surface area contributed by atoms with E-state index in [1.165, 1.54) is 36.1 Å². The van der Waals surface area contributed by atoms with Gasteiger partial charge in [-0.15, -0.1) is 0 Å². The number of hydrogen-bond acceptors (Lipinski definition) is 8. The summed E-state index contributed by atoms with van der Waals surface area (Å²) in [6.45, 7) is 6.44. The van der Waals surface area contributed by atoms with Crippen LogP contribution in [0.15, 0.2) is 43.0 Å². The molecule has 0 bridgehead atoms. The molecule has 0 radical (unpaired) electrons. The van der Waals surface area contributed by atoms with Crippen LogP contribution < -0.4 is 10.6 Å². The molecule has 15 heteroatoms. The number of fused-ring (bicyclic) bond motifs is 1. The van der Waals surface area contributed by atoms with Crippen molar-refractivity contribution in [1.82, 2.24) is 34.4 Å². The molecule has 1 amide bonds. The number of nitrogens with zero attached hydrogens (tertiary/aromatic N) is 6. The van der Waals surface area contributed by atoms with Gasteiger partial charge in [-0.3, -0.25) is 18.7 Å². The number of alkyl halides is 3. The Labute approximate surface area is 269 Å². The van der Waals surface area contributed by atoms with Gasteiger partial charge in [-0.2, -0.15) is 18.3 Å². The highest BCUT2D eigenvalue weighted by atomic mass is 19.4. The van der Waals surface area contributed by atoms with Gasteiger partial charge in [-0.05, 0) is 75.4 Å². The Morgan fingerprint density at radius 2 is 1.91 bits per heavy atom. The molecule has 4 aromatic rings. The van der Waals surface area contributed by atoms with Crippen LogP contribution >= 0.6 is 0 Å². The Hall–Kier alpha value is -4.50. The third-order valence-corrected chi connectivity index (χ3v) is 8.43. The third kappa shape index (κ3) is 8.08. The molecule has 0 spiro atoms. The second-order valence-corrected chi connectivity index (χ2v) is 11.4. The van der Waals surface area contributed by atoms with Crippen LogP contribution in [-0.4, -0.2) is 85.9 Å². The fourth-order valence-corrected chi connectivity index (χ4v) is 5.79. The fourth-order valence-electron chi connectivity index (χ4n) is 5.79. The number of ether oxygens (including phenoxy) is 1. The number of benzene rings is 1. The Kier molecular flexibility index (Phi) is 11.1. The first-order valence-electron chi connectivity index (χ1n) is 15.8. The lowest BCUT2D eigenvalue weighted by atomic mass is 9.93. The van der Waals surface area contributed by atoms with Crippen molar-refractivity contribution in [3.63, 3.8) is 0 Å². The van der Waals surface area contributed by atoms with E-state index in [9.17, 15) is 18.0 Å². The van der Waals surface area contributed by atoms with Crippen LogP contribution in [0, 0.1) is 0 Å². The number of aromatic nitrogens is 5. The average Bonchev–Trinajstić information content (AvgIpc) is 3.79. The zero-order valence-electron chi connectivity index (χ0n) is 26.2. The number of rotatable bonds is 12. The van der Waals surface area contributed by atoms with Crippen molar-refractivity contribution in [3.8, 4) is 11.3 Å². The summed E-state index contributed by atoms with van der Waals surface area (Å²) < 4.78 is 50.6. The molecule has 1 saturated heterocycles. The summed E-state index contributed by atoms with van der Waals surface area (Å²) >= 11 is 0. The summed E-state index contributed by atoms with van der Waals surface area (Å²) in [4.78, 5) is 32.5. The van der Waals surface area contributed by atoms with Crippen LogP contribution in [0.4, 0.5) is 24.7 Å². The molecule has 12 nitrogen and oxygen atoms in total. The third-order valence-electron chi connectivity index (χ3n) is 8.43. The van der Waals surface area contributed by atoms with Crippen molar-refractivity contribution in [2.45, 2.75) is 57.7 Å². The number of hydrogen-bond donors (Lipinski definition) is 3. The lowest BCUT2D eigenvalue weighted by molar-refractivity contribution is -0.141. The zero-order valence-corrected chi connectivity index (χ0v) is 26.2. The van der Waals surface area contributed by atoms with Gasteiger partial charge in [0.1, 0.15) is 0 Å². The van der Waals surface area contributed by atoms with Gasteiger partial charge >= 0.3 is 6.18 Å².